The van der Waals surface area contributed by atoms with Gasteiger partial charge in [0.05, 0.1) is 24.9 Å². The second-order valence-electron chi connectivity index (χ2n) is 6.20. The quantitative estimate of drug-likeness (QED) is 0.658. The molecule has 5 unspecified atom stereocenters. The fourth-order valence-electron chi connectivity index (χ4n) is 2.63. The Morgan fingerprint density at radius 2 is 1.30 bits per heavy atom. The minimum Gasteiger partial charge on any atom is -0.394 e. The van der Waals surface area contributed by atoms with E-state index in [4.69, 9.17) is 17.6 Å². The van der Waals surface area contributed by atoms with Crippen LogP contribution in [0.15, 0.2) is 0 Å². The molecule has 27 heavy (non-hydrogen) atoms. The first-order valence-electron chi connectivity index (χ1n) is 8.47. The van der Waals surface area contributed by atoms with Crippen LogP contribution < -0.4 is 0 Å². The molecule has 1 aliphatic heterocycles. The number of ether oxygens (including phenoxy) is 1. The Kier molecular flexibility index (Phi) is 20.1. The fourth-order valence-corrected chi connectivity index (χ4v) is 2.63. The van der Waals surface area contributed by atoms with Crippen molar-refractivity contribution >= 4 is 0 Å². The lowest BCUT2D eigenvalue weighted by atomic mass is 9.78. The predicted molar refractivity (Wildman–Crippen MR) is 111 cm³/mol. The molecular weight excluding hydrogens is 340 g/mol. The Bertz CT molecular complexity index is 552. The van der Waals surface area contributed by atoms with E-state index in [0.29, 0.717) is 0 Å². The first-order chi connectivity index (χ1) is 12.7. The highest BCUT2D eigenvalue weighted by Crippen LogP contribution is 2.33. The van der Waals surface area contributed by atoms with Gasteiger partial charge in [-0.05, 0) is 42.4 Å². The van der Waals surface area contributed by atoms with Crippen molar-refractivity contribution in [2.75, 3.05) is 6.61 Å². The molecule has 148 valence electrons. The fraction of sp³-hybridized carbons (Fsp3) is 0.565. The van der Waals surface area contributed by atoms with Crippen LogP contribution in [0.1, 0.15) is 34.6 Å². The lowest BCUT2D eigenvalue weighted by Crippen LogP contribution is -2.58. The van der Waals surface area contributed by atoms with Crippen LogP contribution in [-0.2, 0) is 4.74 Å². The zero-order valence-corrected chi connectivity index (χ0v) is 16.9. The molecule has 1 fully saturated rings. The summed E-state index contributed by atoms with van der Waals surface area (Å²) in [7, 11) is 0. The van der Waals surface area contributed by atoms with Crippen molar-refractivity contribution in [2.24, 2.45) is 17.8 Å². The number of rotatable bonds is 3. The van der Waals surface area contributed by atoms with Crippen molar-refractivity contribution < 1.29 is 20.1 Å². The van der Waals surface area contributed by atoms with Gasteiger partial charge in [0.1, 0.15) is 6.10 Å². The van der Waals surface area contributed by atoms with Gasteiger partial charge in [0.2, 0.25) is 0 Å². The molecule has 1 heterocycles. The molecule has 4 nitrogen and oxygen atoms in total. The smallest absolute Gasteiger partial charge is 0.107 e. The van der Waals surface area contributed by atoms with E-state index in [2.05, 4.69) is 48.9 Å². The summed E-state index contributed by atoms with van der Waals surface area (Å²) in [6, 6.07) is 0. The SMILES string of the molecule is C#C.C#CC.C#CC#CC#C.CC(C)C1OC(CO)C(C(C)C)C(O)C1O. The molecule has 0 aliphatic carbocycles. The highest BCUT2D eigenvalue weighted by atomic mass is 16.5. The molecule has 3 N–H and O–H groups in total. The largest absolute Gasteiger partial charge is 0.394 e. The molecular formula is C23H32O4. The highest BCUT2D eigenvalue weighted by Gasteiger charge is 2.45. The molecule has 1 saturated heterocycles. The molecule has 0 aromatic carbocycles. The molecule has 0 bridgehead atoms. The van der Waals surface area contributed by atoms with Gasteiger partial charge in [0.25, 0.3) is 0 Å². The first-order valence-corrected chi connectivity index (χ1v) is 8.47. The summed E-state index contributed by atoms with van der Waals surface area (Å²) in [5.41, 5.74) is 0. The number of hydrogen-bond acceptors (Lipinski definition) is 4. The highest BCUT2D eigenvalue weighted by molar-refractivity contribution is 5.31. The zero-order valence-electron chi connectivity index (χ0n) is 16.9. The zero-order chi connectivity index (χ0) is 22.0. The van der Waals surface area contributed by atoms with Crippen molar-refractivity contribution in [1.82, 2.24) is 0 Å². The molecule has 5 atom stereocenters. The lowest BCUT2D eigenvalue weighted by Gasteiger charge is -2.45. The van der Waals surface area contributed by atoms with E-state index in [9.17, 15) is 15.3 Å². The monoisotopic (exact) mass is 372 g/mol. The van der Waals surface area contributed by atoms with Crippen LogP contribution in [-0.4, -0.2) is 46.3 Å². The maximum Gasteiger partial charge on any atom is 0.107 e. The standard InChI is InChI=1S/C12H24O4.C6H2.C3H4.C2H2/c1-6(2)9-8(5-13)16-12(7(3)4)11(15)10(9)14;1-3-5-6-4-2;1-3-2;1-2/h6-15H,5H2,1-4H3;1-2H;1H,2H3;1-2H. The molecule has 0 radical (unpaired) electrons. The topological polar surface area (TPSA) is 69.9 Å². The van der Waals surface area contributed by atoms with Gasteiger partial charge in [0.15, 0.2) is 0 Å². The minimum absolute atomic E-state index is 0.115. The van der Waals surface area contributed by atoms with Crippen LogP contribution in [0.3, 0.4) is 0 Å². The van der Waals surface area contributed by atoms with Crippen LogP contribution in [0.4, 0.5) is 0 Å². The van der Waals surface area contributed by atoms with E-state index in [1.165, 1.54) is 0 Å². The van der Waals surface area contributed by atoms with E-state index < -0.39 is 18.3 Å². The molecule has 0 aromatic rings. The normalized spacial score (nSPS) is 25.1. The van der Waals surface area contributed by atoms with Crippen molar-refractivity contribution in [3.05, 3.63) is 0 Å². The van der Waals surface area contributed by atoms with Gasteiger partial charge in [-0.1, -0.05) is 27.7 Å². The maximum absolute atomic E-state index is 10.1. The third-order valence-electron chi connectivity index (χ3n) is 3.66. The molecule has 0 amide bonds. The van der Waals surface area contributed by atoms with Crippen molar-refractivity contribution in [1.29, 1.82) is 0 Å². The number of aliphatic hydroxyl groups excluding tert-OH is 3. The Morgan fingerprint density at radius 1 is 0.889 bits per heavy atom. The van der Waals surface area contributed by atoms with E-state index in [1.54, 1.807) is 6.92 Å². The van der Waals surface area contributed by atoms with Crippen molar-refractivity contribution in [3.8, 4) is 61.7 Å². The van der Waals surface area contributed by atoms with Crippen LogP contribution in [0.2, 0.25) is 0 Å². The van der Waals surface area contributed by atoms with Gasteiger partial charge in [-0.25, -0.2) is 0 Å². The average molecular weight is 373 g/mol. The second-order valence-corrected chi connectivity index (χ2v) is 6.20. The number of aliphatic hydroxyl groups is 3. The van der Waals surface area contributed by atoms with Gasteiger partial charge in [-0.15, -0.1) is 38.0 Å². The summed E-state index contributed by atoms with van der Waals surface area (Å²) in [6.07, 6.45) is 19.5. The third kappa shape index (κ3) is 11.8. The van der Waals surface area contributed by atoms with Gasteiger partial charge >= 0.3 is 0 Å². The van der Waals surface area contributed by atoms with E-state index in [0.717, 1.165) is 0 Å². The van der Waals surface area contributed by atoms with Gasteiger partial charge < -0.3 is 20.1 Å². The summed E-state index contributed by atoms with van der Waals surface area (Å²) in [5.74, 6) is 10.9. The van der Waals surface area contributed by atoms with Gasteiger partial charge in [0, 0.05) is 5.92 Å². The van der Waals surface area contributed by atoms with Crippen LogP contribution in [0, 0.1) is 79.5 Å². The summed E-state index contributed by atoms with van der Waals surface area (Å²) in [5, 5.41) is 29.4. The van der Waals surface area contributed by atoms with Gasteiger partial charge in [-0.2, -0.15) is 0 Å². The van der Waals surface area contributed by atoms with E-state index in [1.807, 2.05) is 27.7 Å². The predicted octanol–water partition coefficient (Wildman–Crippen LogP) is 1.54. The summed E-state index contributed by atoms with van der Waals surface area (Å²) < 4.78 is 5.69. The maximum atomic E-state index is 10.1. The Morgan fingerprint density at radius 3 is 1.56 bits per heavy atom. The Balaban J connectivity index is -0.000000436. The number of terminal acetylenes is 4. The summed E-state index contributed by atoms with van der Waals surface area (Å²) in [6.45, 7) is 9.33. The van der Waals surface area contributed by atoms with Crippen LogP contribution >= 0.6 is 0 Å². The Labute approximate surface area is 165 Å². The van der Waals surface area contributed by atoms with Crippen LogP contribution in [0.5, 0.6) is 0 Å². The summed E-state index contributed by atoms with van der Waals surface area (Å²) in [4.78, 5) is 0. The Hall–Kier alpha value is -2.36. The van der Waals surface area contributed by atoms with Crippen molar-refractivity contribution in [3.63, 3.8) is 0 Å². The second kappa shape index (κ2) is 18.4. The number of hydrogen-bond donors (Lipinski definition) is 3. The van der Waals surface area contributed by atoms with E-state index >= 15 is 0 Å². The van der Waals surface area contributed by atoms with Crippen molar-refractivity contribution in [2.45, 2.75) is 59.0 Å². The minimum atomic E-state index is -0.866. The lowest BCUT2D eigenvalue weighted by molar-refractivity contribution is -0.227. The third-order valence-corrected chi connectivity index (χ3v) is 3.66. The van der Waals surface area contributed by atoms with E-state index in [-0.39, 0.29) is 30.5 Å². The molecule has 0 aromatic heterocycles. The average Bonchev–Trinajstić information content (AvgIpc) is 2.64. The molecule has 0 saturated carbocycles. The molecule has 1 rings (SSSR count). The molecule has 1 aliphatic rings. The molecule has 4 heteroatoms. The molecule has 0 spiro atoms. The van der Waals surface area contributed by atoms with Gasteiger partial charge in [-0.3, -0.25) is 0 Å². The van der Waals surface area contributed by atoms with Crippen LogP contribution in [0.25, 0.3) is 0 Å². The first kappa shape index (κ1) is 29.4. The summed E-state index contributed by atoms with van der Waals surface area (Å²) >= 11 is 0.